The summed E-state index contributed by atoms with van der Waals surface area (Å²) >= 11 is 0. The van der Waals surface area contributed by atoms with Gasteiger partial charge in [-0.2, -0.15) is 0 Å². The van der Waals surface area contributed by atoms with Gasteiger partial charge in [-0.05, 0) is 117 Å². The molecule has 0 aliphatic heterocycles. The van der Waals surface area contributed by atoms with Crippen molar-refractivity contribution in [2.75, 3.05) is 0 Å². The number of fused-ring (bicyclic) bond motifs is 2. The summed E-state index contributed by atoms with van der Waals surface area (Å²) in [4.78, 5) is 0. The van der Waals surface area contributed by atoms with E-state index >= 15 is 0 Å². The van der Waals surface area contributed by atoms with E-state index in [4.69, 9.17) is 0 Å². The van der Waals surface area contributed by atoms with Crippen LogP contribution in [0.15, 0.2) is 24.3 Å². The van der Waals surface area contributed by atoms with Crippen LogP contribution in [0.4, 0.5) is 4.39 Å². The maximum atomic E-state index is 14.9. The molecular weight excluding hydrogens is 307 g/mol. The van der Waals surface area contributed by atoms with E-state index in [9.17, 15) is 4.39 Å². The van der Waals surface area contributed by atoms with Crippen molar-refractivity contribution in [2.24, 2.45) is 23.7 Å². The fraction of sp³-hybridized carbons (Fsp3) is 0.667. The monoisotopic (exact) mass is 340 g/mol. The van der Waals surface area contributed by atoms with Crippen molar-refractivity contribution in [1.82, 2.24) is 0 Å². The average Bonchev–Trinajstić information content (AvgIpc) is 2.61. The topological polar surface area (TPSA) is 0 Å². The van der Waals surface area contributed by atoms with Gasteiger partial charge in [0.1, 0.15) is 5.82 Å². The molecule has 25 heavy (non-hydrogen) atoms. The van der Waals surface area contributed by atoms with Gasteiger partial charge in [0.05, 0.1) is 0 Å². The van der Waals surface area contributed by atoms with Gasteiger partial charge in [0.25, 0.3) is 0 Å². The second kappa shape index (κ2) is 7.25. The Balaban J connectivity index is 1.49. The van der Waals surface area contributed by atoms with Gasteiger partial charge in [0.2, 0.25) is 0 Å². The van der Waals surface area contributed by atoms with Crippen LogP contribution in [0, 0.1) is 29.5 Å². The SMILES string of the molecule is C/C=C/C1CCC2CC(c3cc4c(cc3F)CC(C)CC4)CCC2C1. The number of hydrogen-bond donors (Lipinski definition) is 0. The van der Waals surface area contributed by atoms with Gasteiger partial charge in [0, 0.05) is 0 Å². The molecule has 0 heterocycles. The molecule has 1 heteroatoms. The minimum atomic E-state index is 0.0823. The third-order valence-corrected chi connectivity index (χ3v) is 7.35. The average molecular weight is 341 g/mol. The molecule has 1 aromatic rings. The molecule has 0 saturated heterocycles. The fourth-order valence-corrected chi connectivity index (χ4v) is 5.95. The van der Waals surface area contributed by atoms with Crippen LogP contribution in [0.5, 0.6) is 0 Å². The molecule has 2 fully saturated rings. The van der Waals surface area contributed by atoms with Crippen molar-refractivity contribution in [3.05, 3.63) is 46.8 Å². The number of hydrogen-bond acceptors (Lipinski definition) is 0. The first kappa shape index (κ1) is 17.3. The molecule has 5 atom stereocenters. The van der Waals surface area contributed by atoms with Crippen molar-refractivity contribution < 1.29 is 4.39 Å². The Kier molecular flexibility index (Phi) is 5.02. The quantitative estimate of drug-likeness (QED) is 0.518. The van der Waals surface area contributed by atoms with E-state index in [1.165, 1.54) is 56.1 Å². The Morgan fingerprint density at radius 3 is 2.60 bits per heavy atom. The van der Waals surface area contributed by atoms with E-state index in [-0.39, 0.29) is 5.82 Å². The van der Waals surface area contributed by atoms with Gasteiger partial charge < -0.3 is 0 Å². The van der Waals surface area contributed by atoms with Crippen molar-refractivity contribution >= 4 is 0 Å². The summed E-state index contributed by atoms with van der Waals surface area (Å²) in [5.74, 6) is 3.76. The highest BCUT2D eigenvalue weighted by Crippen LogP contribution is 2.48. The smallest absolute Gasteiger partial charge is 0.126 e. The van der Waals surface area contributed by atoms with Crippen LogP contribution in [-0.4, -0.2) is 0 Å². The van der Waals surface area contributed by atoms with Gasteiger partial charge in [-0.3, -0.25) is 0 Å². The van der Waals surface area contributed by atoms with Crippen LogP contribution in [-0.2, 0) is 12.8 Å². The number of benzene rings is 1. The summed E-state index contributed by atoms with van der Waals surface area (Å²) in [6, 6.07) is 4.14. The van der Waals surface area contributed by atoms with Crippen molar-refractivity contribution in [3.8, 4) is 0 Å². The summed E-state index contributed by atoms with van der Waals surface area (Å²) in [5.41, 5.74) is 3.76. The van der Waals surface area contributed by atoms with E-state index in [2.05, 4.69) is 32.1 Å². The van der Waals surface area contributed by atoms with Gasteiger partial charge in [-0.15, -0.1) is 0 Å². The molecule has 0 amide bonds. The van der Waals surface area contributed by atoms with Crippen molar-refractivity contribution in [1.29, 1.82) is 0 Å². The molecule has 0 aromatic heterocycles. The lowest BCUT2D eigenvalue weighted by molar-refractivity contribution is 0.132. The highest BCUT2D eigenvalue weighted by Gasteiger charge is 2.36. The highest BCUT2D eigenvalue weighted by atomic mass is 19.1. The van der Waals surface area contributed by atoms with Crippen molar-refractivity contribution in [3.63, 3.8) is 0 Å². The number of aryl methyl sites for hydroxylation is 1. The molecule has 3 aliphatic rings. The van der Waals surface area contributed by atoms with Gasteiger partial charge in [0.15, 0.2) is 0 Å². The van der Waals surface area contributed by atoms with Crippen LogP contribution in [0.25, 0.3) is 0 Å². The molecular formula is C24H33F. The van der Waals surface area contributed by atoms with Crippen LogP contribution in [0.3, 0.4) is 0 Å². The first-order valence-electron chi connectivity index (χ1n) is 10.6. The summed E-state index contributed by atoms with van der Waals surface area (Å²) in [7, 11) is 0. The molecule has 136 valence electrons. The predicted molar refractivity (Wildman–Crippen MR) is 103 cm³/mol. The summed E-state index contributed by atoms with van der Waals surface area (Å²) in [6.45, 7) is 4.43. The maximum Gasteiger partial charge on any atom is 0.126 e. The molecule has 2 saturated carbocycles. The zero-order valence-corrected chi connectivity index (χ0v) is 15.9. The van der Waals surface area contributed by atoms with Gasteiger partial charge >= 0.3 is 0 Å². The molecule has 0 spiro atoms. The van der Waals surface area contributed by atoms with Crippen LogP contribution in [0.2, 0.25) is 0 Å². The lowest BCUT2D eigenvalue weighted by Gasteiger charge is -2.42. The molecule has 1 aromatic carbocycles. The van der Waals surface area contributed by atoms with Crippen LogP contribution in [0.1, 0.15) is 81.4 Å². The second-order valence-corrected chi connectivity index (χ2v) is 9.12. The first-order valence-corrected chi connectivity index (χ1v) is 10.6. The molecule has 0 N–H and O–H groups in total. The highest BCUT2D eigenvalue weighted by molar-refractivity contribution is 5.37. The van der Waals surface area contributed by atoms with Crippen LogP contribution >= 0.6 is 0 Å². The Morgan fingerprint density at radius 2 is 1.76 bits per heavy atom. The minimum absolute atomic E-state index is 0.0823. The zero-order valence-electron chi connectivity index (χ0n) is 15.9. The van der Waals surface area contributed by atoms with Crippen molar-refractivity contribution in [2.45, 2.75) is 77.6 Å². The van der Waals surface area contributed by atoms with E-state index < -0.39 is 0 Å². The Labute approximate surface area is 152 Å². The van der Waals surface area contributed by atoms with E-state index in [0.717, 1.165) is 36.2 Å². The van der Waals surface area contributed by atoms with Crippen LogP contribution < -0.4 is 0 Å². The molecule has 3 aliphatic carbocycles. The normalized spacial score (nSPS) is 35.4. The van der Waals surface area contributed by atoms with Gasteiger partial charge in [-0.1, -0.05) is 25.1 Å². The zero-order chi connectivity index (χ0) is 17.4. The summed E-state index contributed by atoms with van der Waals surface area (Å²) in [6.07, 6.45) is 15.9. The predicted octanol–water partition coefficient (Wildman–Crippen LogP) is 6.83. The van der Waals surface area contributed by atoms with E-state index in [0.29, 0.717) is 11.8 Å². The third-order valence-electron chi connectivity index (χ3n) is 7.35. The lowest BCUT2D eigenvalue weighted by Crippen LogP contribution is -2.30. The Bertz CT molecular complexity index is 644. The second-order valence-electron chi connectivity index (χ2n) is 9.12. The molecule has 5 unspecified atom stereocenters. The number of rotatable bonds is 2. The van der Waals surface area contributed by atoms with Gasteiger partial charge in [-0.25, -0.2) is 4.39 Å². The summed E-state index contributed by atoms with van der Waals surface area (Å²) in [5, 5.41) is 0. The molecule has 4 rings (SSSR count). The standard InChI is InChI=1S/C24H33F/c1-3-4-17-6-8-19-13-21(10-9-18(19)12-17)23-14-20-7-5-16(2)11-22(20)15-24(23)25/h3-4,14-19,21H,5-13H2,1-2H3/b4-3+. The fourth-order valence-electron chi connectivity index (χ4n) is 5.95. The Hall–Kier alpha value is -1.11. The van der Waals surface area contributed by atoms with E-state index in [1.807, 2.05) is 6.07 Å². The lowest BCUT2D eigenvalue weighted by atomic mass is 9.63. The minimum Gasteiger partial charge on any atom is -0.207 e. The first-order chi connectivity index (χ1) is 12.1. The molecule has 0 radical (unpaired) electrons. The summed E-state index contributed by atoms with van der Waals surface area (Å²) < 4.78 is 14.9. The third kappa shape index (κ3) is 3.57. The number of halogens is 1. The van der Waals surface area contributed by atoms with E-state index in [1.54, 1.807) is 0 Å². The maximum absolute atomic E-state index is 14.9. The largest absolute Gasteiger partial charge is 0.207 e. The Morgan fingerprint density at radius 1 is 0.960 bits per heavy atom. The molecule has 0 bridgehead atoms. The molecule has 0 nitrogen and oxygen atoms in total. The number of allylic oxidation sites excluding steroid dienone is 2.